The van der Waals surface area contributed by atoms with Gasteiger partial charge in [-0.2, -0.15) is 0 Å². The average Bonchev–Trinajstić information content (AvgIpc) is 3.27. The number of aliphatic imine (C=N–C) groups is 1. The van der Waals surface area contributed by atoms with Gasteiger partial charge >= 0.3 is 0 Å². The lowest BCUT2D eigenvalue weighted by Gasteiger charge is -2.21. The summed E-state index contributed by atoms with van der Waals surface area (Å²) in [6, 6.07) is 7.69. The van der Waals surface area contributed by atoms with E-state index in [1.54, 1.807) is 24.3 Å². The molecular formula is C18H27IN4O2. The molecule has 0 aromatic heterocycles. The van der Waals surface area contributed by atoms with E-state index >= 15 is 0 Å². The molecule has 1 aromatic carbocycles. The van der Waals surface area contributed by atoms with Crippen molar-refractivity contribution < 1.29 is 4.92 Å². The van der Waals surface area contributed by atoms with Gasteiger partial charge in [0, 0.05) is 24.2 Å². The number of nitro benzene ring substituents is 1. The molecule has 1 aromatic rings. The first-order valence-corrected chi connectivity index (χ1v) is 9.01. The van der Waals surface area contributed by atoms with Crippen molar-refractivity contribution in [2.24, 2.45) is 4.99 Å². The third-order valence-electron chi connectivity index (χ3n) is 4.96. The van der Waals surface area contributed by atoms with Crippen molar-refractivity contribution in [1.82, 2.24) is 10.6 Å². The number of nitrogens with zero attached hydrogens (tertiary/aromatic N) is 2. The van der Waals surface area contributed by atoms with Crippen LogP contribution in [0.15, 0.2) is 29.3 Å². The molecule has 2 saturated carbocycles. The van der Waals surface area contributed by atoms with E-state index in [9.17, 15) is 10.1 Å². The van der Waals surface area contributed by atoms with E-state index in [1.807, 2.05) is 0 Å². The Bertz CT molecular complexity index is 559. The highest BCUT2D eigenvalue weighted by molar-refractivity contribution is 14.0. The van der Waals surface area contributed by atoms with Crippen molar-refractivity contribution in [3.8, 4) is 0 Å². The van der Waals surface area contributed by atoms with Crippen LogP contribution in [0.2, 0.25) is 0 Å². The van der Waals surface area contributed by atoms with Gasteiger partial charge < -0.3 is 10.6 Å². The normalized spacial score (nSPS) is 17.8. The summed E-state index contributed by atoms with van der Waals surface area (Å²) in [5, 5.41) is 17.9. The maximum atomic E-state index is 10.7. The van der Waals surface area contributed by atoms with Gasteiger partial charge in [-0.05, 0) is 31.2 Å². The molecule has 6 nitrogen and oxygen atoms in total. The summed E-state index contributed by atoms with van der Waals surface area (Å²) in [6.45, 7) is 0.534. The fourth-order valence-corrected chi connectivity index (χ4v) is 3.55. The predicted molar refractivity (Wildman–Crippen MR) is 110 cm³/mol. The van der Waals surface area contributed by atoms with Gasteiger partial charge in [-0.3, -0.25) is 10.1 Å². The van der Waals surface area contributed by atoms with Crippen LogP contribution in [0.25, 0.3) is 0 Å². The lowest BCUT2D eigenvalue weighted by Crippen LogP contribution is -2.46. The molecule has 0 heterocycles. The van der Waals surface area contributed by atoms with Crippen LogP contribution in [0.5, 0.6) is 0 Å². The maximum Gasteiger partial charge on any atom is 0.269 e. The van der Waals surface area contributed by atoms with Gasteiger partial charge in [0.05, 0.1) is 11.5 Å². The quantitative estimate of drug-likeness (QED) is 0.229. The van der Waals surface area contributed by atoms with Crippen molar-refractivity contribution in [2.45, 2.75) is 70.0 Å². The molecule has 138 valence electrons. The van der Waals surface area contributed by atoms with E-state index in [-0.39, 0.29) is 34.6 Å². The van der Waals surface area contributed by atoms with Crippen molar-refractivity contribution in [3.63, 3.8) is 0 Å². The van der Waals surface area contributed by atoms with Crippen LogP contribution in [0.3, 0.4) is 0 Å². The molecule has 0 radical (unpaired) electrons. The first kappa shape index (κ1) is 19.9. The summed E-state index contributed by atoms with van der Waals surface area (Å²) in [6.07, 6.45) is 10.00. The Morgan fingerprint density at radius 3 is 1.92 bits per heavy atom. The fourth-order valence-electron chi connectivity index (χ4n) is 3.55. The molecule has 25 heavy (non-hydrogen) atoms. The summed E-state index contributed by atoms with van der Waals surface area (Å²) in [4.78, 5) is 15.1. The van der Waals surface area contributed by atoms with Crippen molar-refractivity contribution >= 4 is 35.6 Å². The van der Waals surface area contributed by atoms with Gasteiger partial charge in [0.15, 0.2) is 5.96 Å². The van der Waals surface area contributed by atoms with Gasteiger partial charge in [0.25, 0.3) is 5.69 Å². The number of nitro groups is 1. The van der Waals surface area contributed by atoms with Crippen molar-refractivity contribution in [2.75, 3.05) is 0 Å². The van der Waals surface area contributed by atoms with Gasteiger partial charge in [0.1, 0.15) is 0 Å². The van der Waals surface area contributed by atoms with E-state index < -0.39 is 0 Å². The molecule has 2 aliphatic carbocycles. The molecule has 0 bridgehead atoms. The number of benzene rings is 1. The minimum Gasteiger partial charge on any atom is -0.354 e. The van der Waals surface area contributed by atoms with E-state index in [0.717, 1.165) is 11.5 Å². The van der Waals surface area contributed by atoms with Crippen LogP contribution in [-0.4, -0.2) is 23.0 Å². The minimum absolute atomic E-state index is 0. The zero-order valence-electron chi connectivity index (χ0n) is 14.4. The highest BCUT2D eigenvalue weighted by Gasteiger charge is 2.20. The minimum atomic E-state index is -0.373. The Morgan fingerprint density at radius 1 is 1.00 bits per heavy atom. The van der Waals surface area contributed by atoms with Gasteiger partial charge in [-0.15, -0.1) is 24.0 Å². The smallest absolute Gasteiger partial charge is 0.269 e. The second-order valence-corrected chi connectivity index (χ2v) is 6.84. The lowest BCUT2D eigenvalue weighted by molar-refractivity contribution is -0.384. The second-order valence-electron chi connectivity index (χ2n) is 6.84. The predicted octanol–water partition coefficient (Wildman–Crippen LogP) is 4.13. The van der Waals surface area contributed by atoms with Crippen LogP contribution >= 0.6 is 24.0 Å². The summed E-state index contributed by atoms with van der Waals surface area (Å²) in [7, 11) is 0. The highest BCUT2D eigenvalue weighted by atomic mass is 127. The SMILES string of the molecule is I.O=[N+]([O-])c1ccc(CN=C(NC2CCCC2)NC2CCCC2)cc1. The summed E-state index contributed by atoms with van der Waals surface area (Å²) < 4.78 is 0. The molecule has 0 atom stereocenters. The van der Waals surface area contributed by atoms with Crippen LogP contribution in [-0.2, 0) is 6.54 Å². The monoisotopic (exact) mass is 458 g/mol. The third-order valence-corrected chi connectivity index (χ3v) is 4.96. The van der Waals surface area contributed by atoms with Crippen LogP contribution in [0.4, 0.5) is 5.69 Å². The first-order valence-electron chi connectivity index (χ1n) is 9.01. The zero-order chi connectivity index (χ0) is 16.8. The number of guanidine groups is 1. The van der Waals surface area contributed by atoms with E-state index in [4.69, 9.17) is 4.99 Å². The Hall–Kier alpha value is -1.38. The number of non-ortho nitro benzene ring substituents is 1. The van der Waals surface area contributed by atoms with Crippen LogP contribution in [0.1, 0.15) is 56.9 Å². The molecule has 0 amide bonds. The molecule has 0 saturated heterocycles. The van der Waals surface area contributed by atoms with Gasteiger partial charge in [-0.25, -0.2) is 4.99 Å². The van der Waals surface area contributed by atoms with E-state index in [2.05, 4.69) is 10.6 Å². The molecule has 2 N–H and O–H groups in total. The second kappa shape index (κ2) is 9.94. The summed E-state index contributed by atoms with van der Waals surface area (Å²) in [5.74, 6) is 0.896. The third kappa shape index (κ3) is 6.13. The number of halogens is 1. The highest BCUT2D eigenvalue weighted by Crippen LogP contribution is 2.20. The molecule has 2 fully saturated rings. The van der Waals surface area contributed by atoms with Crippen molar-refractivity contribution in [1.29, 1.82) is 0 Å². The van der Waals surface area contributed by atoms with Gasteiger partial charge in [0.2, 0.25) is 0 Å². The van der Waals surface area contributed by atoms with Crippen molar-refractivity contribution in [3.05, 3.63) is 39.9 Å². The molecule has 3 rings (SSSR count). The number of nitrogens with one attached hydrogen (secondary N) is 2. The first-order chi connectivity index (χ1) is 11.7. The molecule has 0 unspecified atom stereocenters. The molecule has 0 aliphatic heterocycles. The van der Waals surface area contributed by atoms with Gasteiger partial charge in [-0.1, -0.05) is 37.8 Å². The lowest BCUT2D eigenvalue weighted by atomic mass is 10.2. The van der Waals surface area contributed by atoms with E-state index in [0.29, 0.717) is 18.6 Å². The Balaban J connectivity index is 0.00000225. The number of hydrogen-bond donors (Lipinski definition) is 2. The summed E-state index contributed by atoms with van der Waals surface area (Å²) >= 11 is 0. The zero-order valence-corrected chi connectivity index (χ0v) is 16.8. The van der Waals surface area contributed by atoms with Crippen LogP contribution < -0.4 is 10.6 Å². The molecule has 0 spiro atoms. The maximum absolute atomic E-state index is 10.7. The topological polar surface area (TPSA) is 79.6 Å². The number of rotatable bonds is 5. The van der Waals surface area contributed by atoms with Crippen LogP contribution in [0, 0.1) is 10.1 Å². The largest absolute Gasteiger partial charge is 0.354 e. The standard InChI is InChI=1S/C18H26N4O2.HI/c23-22(24)17-11-9-14(10-12-17)13-19-18(20-15-5-1-2-6-15)21-16-7-3-4-8-16;/h9-12,15-16H,1-8,13H2,(H2,19,20,21);1H. The molecule has 7 heteroatoms. The number of hydrogen-bond acceptors (Lipinski definition) is 3. The average molecular weight is 458 g/mol. The fraction of sp³-hybridized carbons (Fsp3) is 0.611. The Morgan fingerprint density at radius 2 is 1.48 bits per heavy atom. The van der Waals surface area contributed by atoms with E-state index in [1.165, 1.54) is 51.4 Å². The Labute approximate surface area is 166 Å². The molecular weight excluding hydrogens is 431 g/mol. The molecule has 2 aliphatic rings. The Kier molecular flexibility index (Phi) is 7.92. The summed E-state index contributed by atoms with van der Waals surface area (Å²) in [5.41, 5.74) is 1.11.